The van der Waals surface area contributed by atoms with Crippen LogP contribution < -0.4 is 0 Å². The van der Waals surface area contributed by atoms with E-state index in [2.05, 4.69) is 37.1 Å². The van der Waals surface area contributed by atoms with Gasteiger partial charge in [-0.1, -0.05) is 25.1 Å². The molecular formula is C20H22F3N7. The van der Waals surface area contributed by atoms with Gasteiger partial charge >= 0.3 is 6.18 Å². The molecule has 0 fully saturated rings. The number of hydrogen-bond acceptors (Lipinski definition) is 5. The van der Waals surface area contributed by atoms with Crippen molar-refractivity contribution in [2.75, 3.05) is 13.1 Å². The molecule has 0 aliphatic carbocycles. The highest BCUT2D eigenvalue weighted by atomic mass is 19.4. The molecule has 0 aliphatic heterocycles. The van der Waals surface area contributed by atoms with Gasteiger partial charge in [0.25, 0.3) is 0 Å². The third-order valence-electron chi connectivity index (χ3n) is 5.31. The van der Waals surface area contributed by atoms with Crippen LogP contribution in [0.4, 0.5) is 13.2 Å². The van der Waals surface area contributed by atoms with E-state index in [-0.39, 0.29) is 5.92 Å². The number of nitrogens with zero attached hydrogens (tertiary/aromatic N) is 6. The first-order chi connectivity index (χ1) is 14.4. The van der Waals surface area contributed by atoms with Crippen molar-refractivity contribution < 1.29 is 13.2 Å². The molecule has 1 unspecified atom stereocenters. The second-order valence-corrected chi connectivity index (χ2v) is 7.36. The Labute approximate surface area is 170 Å². The lowest BCUT2D eigenvalue weighted by molar-refractivity contribution is -0.141. The minimum Gasteiger partial charge on any atom is -0.346 e. The summed E-state index contributed by atoms with van der Waals surface area (Å²) >= 11 is 0. The number of hydrogen-bond donors (Lipinski definition) is 1. The molecule has 0 radical (unpaired) electrons. The van der Waals surface area contributed by atoms with Crippen molar-refractivity contribution in [2.45, 2.75) is 38.9 Å². The van der Waals surface area contributed by atoms with Crippen molar-refractivity contribution in [2.24, 2.45) is 0 Å². The summed E-state index contributed by atoms with van der Waals surface area (Å²) < 4.78 is 39.8. The van der Waals surface area contributed by atoms with E-state index in [4.69, 9.17) is 0 Å². The van der Waals surface area contributed by atoms with Crippen molar-refractivity contribution in [3.8, 4) is 0 Å². The lowest BCUT2D eigenvalue weighted by Crippen LogP contribution is -2.25. The summed E-state index contributed by atoms with van der Waals surface area (Å²) in [7, 11) is 0. The Morgan fingerprint density at radius 2 is 2.03 bits per heavy atom. The number of alkyl halides is 3. The monoisotopic (exact) mass is 417 g/mol. The first-order valence-corrected chi connectivity index (χ1v) is 9.78. The average Bonchev–Trinajstić information content (AvgIpc) is 3.36. The lowest BCUT2D eigenvalue weighted by atomic mass is 10.0. The fourth-order valence-electron chi connectivity index (χ4n) is 3.56. The lowest BCUT2D eigenvalue weighted by Gasteiger charge is -2.22. The van der Waals surface area contributed by atoms with Gasteiger partial charge in [0, 0.05) is 30.2 Å². The molecule has 4 heterocycles. The van der Waals surface area contributed by atoms with Gasteiger partial charge in [-0.25, -0.2) is 9.50 Å². The van der Waals surface area contributed by atoms with Gasteiger partial charge in [0.05, 0.1) is 5.69 Å². The predicted molar refractivity (Wildman–Crippen MR) is 106 cm³/mol. The van der Waals surface area contributed by atoms with E-state index in [9.17, 15) is 13.2 Å². The first kappa shape index (κ1) is 20.3. The van der Waals surface area contributed by atoms with Crippen LogP contribution in [0.2, 0.25) is 0 Å². The van der Waals surface area contributed by atoms with Gasteiger partial charge in [0.2, 0.25) is 0 Å². The molecule has 4 aromatic rings. The summed E-state index contributed by atoms with van der Waals surface area (Å²) in [6.07, 6.45) is 1.21. The third kappa shape index (κ3) is 4.00. The van der Waals surface area contributed by atoms with Crippen LogP contribution >= 0.6 is 0 Å². The second kappa shape index (κ2) is 8.02. The van der Waals surface area contributed by atoms with Crippen molar-refractivity contribution in [3.63, 3.8) is 0 Å². The molecule has 4 aromatic heterocycles. The number of nitrogens with one attached hydrogen (secondary N) is 1. The molecule has 1 N–H and O–H groups in total. The molecule has 10 heteroatoms. The zero-order chi connectivity index (χ0) is 21.3. The number of pyridine rings is 1. The average molecular weight is 417 g/mol. The standard InChI is InChI=1S/C20H22F3N7/c1-3-29(11-14-4-5-16(25-10-14)20(21,22)23)9-7-13(2)17-18-15-6-8-24-19(15)26-12-30(18)28-27-17/h4-6,8,10,12-13,24H,3,7,9,11H2,1-2H3. The van der Waals surface area contributed by atoms with Gasteiger partial charge in [-0.15, -0.1) is 5.10 Å². The molecule has 0 aliphatic rings. The van der Waals surface area contributed by atoms with Crippen LogP contribution in [0.1, 0.15) is 43.1 Å². The van der Waals surface area contributed by atoms with Crippen LogP contribution in [0.25, 0.3) is 16.6 Å². The number of fused-ring (bicyclic) bond motifs is 3. The fourth-order valence-corrected chi connectivity index (χ4v) is 3.56. The topological polar surface area (TPSA) is 75.0 Å². The maximum atomic E-state index is 12.7. The van der Waals surface area contributed by atoms with E-state index in [0.717, 1.165) is 53.4 Å². The van der Waals surface area contributed by atoms with Gasteiger partial charge in [-0.05, 0) is 37.2 Å². The number of rotatable bonds is 7. The van der Waals surface area contributed by atoms with E-state index >= 15 is 0 Å². The van der Waals surface area contributed by atoms with E-state index in [1.54, 1.807) is 10.8 Å². The van der Waals surface area contributed by atoms with Crippen LogP contribution in [0.3, 0.4) is 0 Å². The smallest absolute Gasteiger partial charge is 0.346 e. The van der Waals surface area contributed by atoms with Crippen molar-refractivity contribution in [1.82, 2.24) is 34.7 Å². The Morgan fingerprint density at radius 3 is 2.73 bits per heavy atom. The minimum absolute atomic E-state index is 0.155. The fraction of sp³-hybridized carbons (Fsp3) is 0.400. The predicted octanol–water partition coefficient (Wildman–Crippen LogP) is 4.04. The molecule has 0 amide bonds. The summed E-state index contributed by atoms with van der Waals surface area (Å²) in [5, 5.41) is 9.54. The number of H-pyrrole nitrogens is 1. The van der Waals surface area contributed by atoms with Crippen LogP contribution in [-0.2, 0) is 12.7 Å². The molecule has 30 heavy (non-hydrogen) atoms. The van der Waals surface area contributed by atoms with Gasteiger partial charge in [0.1, 0.15) is 23.2 Å². The summed E-state index contributed by atoms with van der Waals surface area (Å²) in [4.78, 5) is 13.2. The summed E-state index contributed by atoms with van der Waals surface area (Å²) in [5.74, 6) is 0.155. The van der Waals surface area contributed by atoms with Crippen LogP contribution in [0, 0.1) is 0 Å². The van der Waals surface area contributed by atoms with Crippen molar-refractivity contribution >= 4 is 16.6 Å². The zero-order valence-electron chi connectivity index (χ0n) is 16.7. The van der Waals surface area contributed by atoms with E-state index in [1.165, 1.54) is 12.3 Å². The van der Waals surface area contributed by atoms with Crippen LogP contribution in [-0.4, -0.2) is 47.8 Å². The highest BCUT2D eigenvalue weighted by Crippen LogP contribution is 2.28. The van der Waals surface area contributed by atoms with Gasteiger partial charge in [-0.3, -0.25) is 9.88 Å². The highest BCUT2D eigenvalue weighted by molar-refractivity contribution is 5.92. The molecular weight excluding hydrogens is 395 g/mol. The van der Waals surface area contributed by atoms with E-state index < -0.39 is 11.9 Å². The largest absolute Gasteiger partial charge is 0.433 e. The highest BCUT2D eigenvalue weighted by Gasteiger charge is 2.32. The first-order valence-electron chi connectivity index (χ1n) is 9.78. The zero-order valence-corrected chi connectivity index (χ0v) is 16.7. The Balaban J connectivity index is 1.44. The molecule has 0 saturated carbocycles. The van der Waals surface area contributed by atoms with E-state index in [0.29, 0.717) is 6.54 Å². The van der Waals surface area contributed by atoms with Crippen molar-refractivity contribution in [1.29, 1.82) is 0 Å². The molecule has 0 spiro atoms. The summed E-state index contributed by atoms with van der Waals surface area (Å²) in [6.45, 7) is 6.24. The van der Waals surface area contributed by atoms with Gasteiger partial charge in [0.15, 0.2) is 0 Å². The van der Waals surface area contributed by atoms with E-state index in [1.807, 2.05) is 19.2 Å². The quantitative estimate of drug-likeness (QED) is 0.491. The number of aromatic amines is 1. The number of halogens is 3. The maximum Gasteiger partial charge on any atom is 0.433 e. The molecule has 4 rings (SSSR count). The van der Waals surface area contributed by atoms with Gasteiger partial charge in [-0.2, -0.15) is 13.2 Å². The van der Waals surface area contributed by atoms with Gasteiger partial charge < -0.3 is 4.98 Å². The molecule has 0 bridgehead atoms. The second-order valence-electron chi connectivity index (χ2n) is 7.36. The Hall–Kier alpha value is -3.01. The molecule has 0 aromatic carbocycles. The minimum atomic E-state index is -4.42. The molecule has 1 atom stereocenters. The third-order valence-corrected chi connectivity index (χ3v) is 5.31. The maximum absolute atomic E-state index is 12.7. The summed E-state index contributed by atoms with van der Waals surface area (Å²) in [6, 6.07) is 4.49. The number of aromatic nitrogens is 6. The van der Waals surface area contributed by atoms with Crippen LogP contribution in [0.15, 0.2) is 36.9 Å². The summed E-state index contributed by atoms with van der Waals surface area (Å²) in [5.41, 5.74) is 2.54. The molecule has 158 valence electrons. The Kier molecular flexibility index (Phi) is 5.42. The molecule has 7 nitrogen and oxygen atoms in total. The normalized spacial score (nSPS) is 13.5. The SMILES string of the molecule is CCN(CCC(C)c1nnn2cnc3[nH]ccc3c12)Cc1ccc(C(F)(F)F)nc1. The van der Waals surface area contributed by atoms with Crippen LogP contribution in [0.5, 0.6) is 0 Å². The van der Waals surface area contributed by atoms with Crippen molar-refractivity contribution in [3.05, 3.63) is 53.9 Å². The molecule has 0 saturated heterocycles. The Morgan fingerprint density at radius 1 is 1.20 bits per heavy atom. The Bertz CT molecular complexity index is 1130.